The molecule has 0 aliphatic rings. The standard InChI is InChI=1S/C30H27N3O2S/c1-2-33(24-18-10-5-11-19-24)29(35)25-20-12-13-21-26(25)31-30(36)32-28(34)27(22-14-6-3-7-15-22)23-16-8-4-9-17-23/h3-21,27H,2H2,1H3,(H2,31,32,34,36). The van der Waals surface area contributed by atoms with Crippen LogP contribution in [0, 0.1) is 0 Å². The monoisotopic (exact) mass is 493 g/mol. The Morgan fingerprint density at radius 2 is 1.25 bits per heavy atom. The molecule has 5 nitrogen and oxygen atoms in total. The van der Waals surface area contributed by atoms with E-state index in [2.05, 4.69) is 10.6 Å². The second kappa shape index (κ2) is 11.9. The second-order valence-corrected chi connectivity index (χ2v) is 8.54. The van der Waals surface area contributed by atoms with E-state index in [9.17, 15) is 9.59 Å². The molecule has 0 aromatic heterocycles. The Bertz CT molecular complexity index is 1290. The van der Waals surface area contributed by atoms with Crippen molar-refractivity contribution in [3.05, 3.63) is 132 Å². The molecule has 6 heteroatoms. The zero-order valence-corrected chi connectivity index (χ0v) is 20.7. The third-order valence-electron chi connectivity index (χ3n) is 5.80. The number of rotatable bonds is 7. The van der Waals surface area contributed by atoms with Crippen molar-refractivity contribution in [1.82, 2.24) is 5.32 Å². The molecule has 0 radical (unpaired) electrons. The molecule has 0 aliphatic heterocycles. The fourth-order valence-corrected chi connectivity index (χ4v) is 4.31. The number of amides is 2. The Morgan fingerprint density at radius 3 is 1.81 bits per heavy atom. The zero-order chi connectivity index (χ0) is 25.3. The van der Waals surface area contributed by atoms with Crippen LogP contribution in [0.5, 0.6) is 0 Å². The lowest BCUT2D eigenvalue weighted by atomic mass is 9.90. The number of benzene rings is 4. The molecule has 2 N–H and O–H groups in total. The Hall–Kier alpha value is -4.29. The quantitative estimate of drug-likeness (QED) is 0.310. The highest BCUT2D eigenvalue weighted by atomic mass is 32.1. The molecule has 0 spiro atoms. The van der Waals surface area contributed by atoms with Gasteiger partial charge in [0.1, 0.15) is 0 Å². The van der Waals surface area contributed by atoms with Crippen LogP contribution < -0.4 is 15.5 Å². The van der Waals surface area contributed by atoms with Gasteiger partial charge in [0, 0.05) is 12.2 Å². The smallest absolute Gasteiger partial charge is 0.260 e. The van der Waals surface area contributed by atoms with E-state index in [1.165, 1.54) is 0 Å². The van der Waals surface area contributed by atoms with E-state index >= 15 is 0 Å². The lowest BCUT2D eigenvalue weighted by molar-refractivity contribution is -0.120. The highest BCUT2D eigenvalue weighted by Gasteiger charge is 2.24. The number of nitrogens with one attached hydrogen (secondary N) is 2. The number of hydrogen-bond acceptors (Lipinski definition) is 3. The summed E-state index contributed by atoms with van der Waals surface area (Å²) in [7, 11) is 0. The van der Waals surface area contributed by atoms with E-state index in [0.29, 0.717) is 17.8 Å². The van der Waals surface area contributed by atoms with Crippen molar-refractivity contribution in [2.45, 2.75) is 12.8 Å². The summed E-state index contributed by atoms with van der Waals surface area (Å²) in [6.45, 7) is 2.44. The Kier molecular flexibility index (Phi) is 8.21. The minimum absolute atomic E-state index is 0.125. The summed E-state index contributed by atoms with van der Waals surface area (Å²) in [5, 5.41) is 6.01. The number of carbonyl (C=O) groups is 2. The fourth-order valence-electron chi connectivity index (χ4n) is 4.10. The first-order valence-corrected chi connectivity index (χ1v) is 12.2. The Labute approximate surface area is 216 Å². The summed E-state index contributed by atoms with van der Waals surface area (Å²) >= 11 is 5.50. The fraction of sp³-hybridized carbons (Fsp3) is 0.100. The number of nitrogens with zero attached hydrogens (tertiary/aromatic N) is 1. The van der Waals surface area contributed by atoms with Gasteiger partial charge >= 0.3 is 0 Å². The molecule has 0 aliphatic carbocycles. The van der Waals surface area contributed by atoms with Crippen LogP contribution in [0.15, 0.2) is 115 Å². The van der Waals surface area contributed by atoms with Crippen molar-refractivity contribution in [2.75, 3.05) is 16.8 Å². The molecule has 4 aromatic rings. The number of thiocarbonyl (C=S) groups is 1. The summed E-state index contributed by atoms with van der Waals surface area (Å²) in [6.07, 6.45) is 0. The lowest BCUT2D eigenvalue weighted by Gasteiger charge is -2.23. The molecule has 0 saturated heterocycles. The van der Waals surface area contributed by atoms with Crippen molar-refractivity contribution in [3.63, 3.8) is 0 Å². The van der Waals surface area contributed by atoms with Crippen LogP contribution in [-0.4, -0.2) is 23.5 Å². The summed E-state index contributed by atoms with van der Waals surface area (Å²) in [5.74, 6) is -0.946. The first-order valence-electron chi connectivity index (χ1n) is 11.8. The number of hydrogen-bond donors (Lipinski definition) is 2. The van der Waals surface area contributed by atoms with E-state index in [4.69, 9.17) is 12.2 Å². The molecule has 4 rings (SSSR count). The van der Waals surface area contributed by atoms with Gasteiger partial charge in [-0.15, -0.1) is 0 Å². The molecule has 0 saturated carbocycles. The van der Waals surface area contributed by atoms with Crippen LogP contribution >= 0.6 is 12.2 Å². The molecule has 0 heterocycles. The molecule has 0 atom stereocenters. The Morgan fingerprint density at radius 1 is 0.750 bits per heavy atom. The molecule has 0 unspecified atom stereocenters. The lowest BCUT2D eigenvalue weighted by Crippen LogP contribution is -2.38. The van der Waals surface area contributed by atoms with E-state index in [-0.39, 0.29) is 16.9 Å². The Balaban J connectivity index is 1.54. The van der Waals surface area contributed by atoms with Gasteiger partial charge in [-0.2, -0.15) is 0 Å². The van der Waals surface area contributed by atoms with Crippen LogP contribution in [0.2, 0.25) is 0 Å². The van der Waals surface area contributed by atoms with Gasteiger partial charge in [-0.05, 0) is 54.5 Å². The molecular formula is C30H27N3O2S. The third kappa shape index (κ3) is 5.85. The van der Waals surface area contributed by atoms with Gasteiger partial charge in [0.05, 0.1) is 17.2 Å². The van der Waals surface area contributed by atoms with Gasteiger partial charge in [0.25, 0.3) is 5.91 Å². The van der Waals surface area contributed by atoms with Crippen molar-refractivity contribution in [2.24, 2.45) is 0 Å². The van der Waals surface area contributed by atoms with Crippen LogP contribution in [-0.2, 0) is 4.79 Å². The van der Waals surface area contributed by atoms with Gasteiger partial charge in [-0.1, -0.05) is 91.0 Å². The highest BCUT2D eigenvalue weighted by molar-refractivity contribution is 7.80. The molecule has 0 bridgehead atoms. The first kappa shape index (κ1) is 24.8. The van der Waals surface area contributed by atoms with E-state index < -0.39 is 5.92 Å². The summed E-state index contributed by atoms with van der Waals surface area (Å²) < 4.78 is 0. The minimum atomic E-state index is -0.530. The molecule has 2 amide bonds. The minimum Gasteiger partial charge on any atom is -0.332 e. The number of anilines is 2. The molecule has 36 heavy (non-hydrogen) atoms. The van der Waals surface area contributed by atoms with E-state index in [0.717, 1.165) is 16.8 Å². The van der Waals surface area contributed by atoms with Crippen molar-refractivity contribution in [3.8, 4) is 0 Å². The first-order chi connectivity index (χ1) is 17.6. The number of carbonyl (C=O) groups excluding carboxylic acids is 2. The van der Waals surface area contributed by atoms with Crippen LogP contribution in [0.25, 0.3) is 0 Å². The second-order valence-electron chi connectivity index (χ2n) is 8.13. The van der Waals surface area contributed by atoms with Gasteiger partial charge in [-0.25, -0.2) is 0 Å². The SMILES string of the molecule is CCN(C(=O)c1ccccc1NC(=S)NC(=O)C(c1ccccc1)c1ccccc1)c1ccccc1. The van der Waals surface area contributed by atoms with Crippen molar-refractivity contribution in [1.29, 1.82) is 0 Å². The maximum Gasteiger partial charge on any atom is 0.260 e. The zero-order valence-electron chi connectivity index (χ0n) is 19.9. The van der Waals surface area contributed by atoms with Gasteiger partial charge < -0.3 is 15.5 Å². The number of para-hydroxylation sites is 2. The molecule has 4 aromatic carbocycles. The summed E-state index contributed by atoms with van der Waals surface area (Å²) in [6, 6.07) is 35.8. The van der Waals surface area contributed by atoms with Crippen molar-refractivity contribution >= 4 is 40.5 Å². The molecule has 180 valence electrons. The van der Waals surface area contributed by atoms with Gasteiger partial charge in [0.15, 0.2) is 5.11 Å². The molecular weight excluding hydrogens is 466 g/mol. The largest absolute Gasteiger partial charge is 0.332 e. The predicted octanol–water partition coefficient (Wildman–Crippen LogP) is 6.00. The van der Waals surface area contributed by atoms with Gasteiger partial charge in [0.2, 0.25) is 5.91 Å². The van der Waals surface area contributed by atoms with E-state index in [1.54, 1.807) is 23.1 Å². The van der Waals surface area contributed by atoms with Crippen LogP contribution in [0.3, 0.4) is 0 Å². The van der Waals surface area contributed by atoms with Crippen LogP contribution in [0.4, 0.5) is 11.4 Å². The maximum absolute atomic E-state index is 13.4. The average molecular weight is 494 g/mol. The maximum atomic E-state index is 13.4. The van der Waals surface area contributed by atoms with E-state index in [1.807, 2.05) is 104 Å². The highest BCUT2D eigenvalue weighted by Crippen LogP contribution is 2.25. The normalized spacial score (nSPS) is 10.5. The predicted molar refractivity (Wildman–Crippen MR) is 149 cm³/mol. The molecule has 0 fully saturated rings. The summed E-state index contributed by atoms with van der Waals surface area (Å²) in [5.41, 5.74) is 3.52. The van der Waals surface area contributed by atoms with Crippen LogP contribution in [0.1, 0.15) is 34.3 Å². The third-order valence-corrected chi connectivity index (χ3v) is 6.00. The average Bonchev–Trinajstić information content (AvgIpc) is 2.91. The summed E-state index contributed by atoms with van der Waals surface area (Å²) in [4.78, 5) is 28.5. The topological polar surface area (TPSA) is 61.4 Å². The van der Waals surface area contributed by atoms with Crippen molar-refractivity contribution < 1.29 is 9.59 Å². The van der Waals surface area contributed by atoms with Gasteiger partial charge in [-0.3, -0.25) is 9.59 Å².